The van der Waals surface area contributed by atoms with E-state index >= 15 is 0 Å². The zero-order chi connectivity index (χ0) is 19.3. The first kappa shape index (κ1) is 18.7. The second-order valence-electron chi connectivity index (χ2n) is 6.14. The van der Waals surface area contributed by atoms with E-state index in [2.05, 4.69) is 28.2 Å². The number of aromatic nitrogens is 2. The number of fused-ring (bicyclic) bond motifs is 1. The van der Waals surface area contributed by atoms with Crippen molar-refractivity contribution >= 4 is 44.9 Å². The fourth-order valence-electron chi connectivity index (χ4n) is 3.01. The molecule has 4 nitrogen and oxygen atoms in total. The highest BCUT2D eigenvalue weighted by Crippen LogP contribution is 2.36. The molecule has 2 aromatic carbocycles. The molecule has 0 atom stereocenters. The molecule has 2 heterocycles. The molecule has 0 saturated carbocycles. The van der Waals surface area contributed by atoms with Crippen LogP contribution in [0, 0.1) is 0 Å². The highest BCUT2D eigenvalue weighted by molar-refractivity contribution is 8.00. The number of amides is 1. The van der Waals surface area contributed by atoms with E-state index in [4.69, 9.17) is 0 Å². The minimum atomic E-state index is 0.0731. The number of nitrogens with zero attached hydrogens (tertiary/aromatic N) is 3. The van der Waals surface area contributed by atoms with Crippen molar-refractivity contribution in [3.8, 4) is 10.4 Å². The van der Waals surface area contributed by atoms with Crippen LogP contribution in [0.25, 0.3) is 20.7 Å². The lowest BCUT2D eigenvalue weighted by Crippen LogP contribution is -2.32. The predicted octanol–water partition coefficient (Wildman–Crippen LogP) is 5.50. The van der Waals surface area contributed by atoms with Crippen molar-refractivity contribution in [2.24, 2.45) is 0 Å². The van der Waals surface area contributed by atoms with Gasteiger partial charge in [0.05, 0.1) is 5.75 Å². The number of para-hydroxylation sites is 1. The molecule has 0 radical (unpaired) electrons. The van der Waals surface area contributed by atoms with Crippen LogP contribution in [0.2, 0.25) is 0 Å². The lowest BCUT2D eigenvalue weighted by atomic mass is 10.2. The topological polar surface area (TPSA) is 46.1 Å². The summed E-state index contributed by atoms with van der Waals surface area (Å²) in [6.45, 7) is 2.63. The van der Waals surface area contributed by atoms with Gasteiger partial charge in [-0.05, 0) is 30.7 Å². The van der Waals surface area contributed by atoms with E-state index in [1.54, 1.807) is 22.6 Å². The lowest BCUT2D eigenvalue weighted by Gasteiger charge is -2.20. The van der Waals surface area contributed by atoms with E-state index < -0.39 is 0 Å². The molecule has 0 aliphatic carbocycles. The number of hydrogen-bond acceptors (Lipinski definition) is 5. The summed E-state index contributed by atoms with van der Waals surface area (Å²) < 4.78 is 0. The van der Waals surface area contributed by atoms with E-state index in [0.29, 0.717) is 12.3 Å². The van der Waals surface area contributed by atoms with Crippen molar-refractivity contribution in [3.63, 3.8) is 0 Å². The summed E-state index contributed by atoms with van der Waals surface area (Å²) in [5, 5.41) is 1.85. The molecule has 0 aliphatic heterocycles. The number of rotatable bonds is 6. The molecule has 4 aromatic rings. The molecule has 4 rings (SSSR count). The van der Waals surface area contributed by atoms with Crippen molar-refractivity contribution < 1.29 is 4.79 Å². The molecule has 2 aromatic heterocycles. The number of thiophene rings is 1. The Bertz CT molecular complexity index is 1080. The quantitative estimate of drug-likeness (QED) is 0.314. The summed E-state index contributed by atoms with van der Waals surface area (Å²) >= 11 is 3.12. The number of carbonyl (C=O) groups is 1. The maximum atomic E-state index is 12.8. The lowest BCUT2D eigenvalue weighted by molar-refractivity contribution is -0.116. The molecule has 0 spiro atoms. The second-order valence-corrected chi connectivity index (χ2v) is 8.13. The molecular weight excluding hydrogens is 386 g/mol. The average molecular weight is 406 g/mol. The number of thioether (sulfide) groups is 1. The third kappa shape index (κ3) is 3.93. The van der Waals surface area contributed by atoms with E-state index in [1.807, 2.05) is 55.5 Å². The number of hydrogen-bond donors (Lipinski definition) is 0. The van der Waals surface area contributed by atoms with Crippen molar-refractivity contribution in [1.29, 1.82) is 0 Å². The number of anilines is 1. The van der Waals surface area contributed by atoms with Gasteiger partial charge in [-0.15, -0.1) is 11.3 Å². The minimum Gasteiger partial charge on any atom is -0.312 e. The maximum absolute atomic E-state index is 12.8. The van der Waals surface area contributed by atoms with Crippen LogP contribution in [0.4, 0.5) is 5.69 Å². The highest BCUT2D eigenvalue weighted by atomic mass is 32.2. The fourth-order valence-corrected chi connectivity index (χ4v) is 4.93. The maximum Gasteiger partial charge on any atom is 0.237 e. The molecule has 0 unspecified atom stereocenters. The van der Waals surface area contributed by atoms with Crippen molar-refractivity contribution in [2.75, 3.05) is 17.2 Å². The van der Waals surface area contributed by atoms with E-state index in [9.17, 15) is 4.79 Å². The molecule has 140 valence electrons. The van der Waals surface area contributed by atoms with Gasteiger partial charge in [0.15, 0.2) is 0 Å². The summed E-state index contributed by atoms with van der Waals surface area (Å²) in [6, 6.07) is 22.1. The van der Waals surface area contributed by atoms with Gasteiger partial charge in [0, 0.05) is 22.5 Å². The minimum absolute atomic E-state index is 0.0731. The third-order valence-electron chi connectivity index (χ3n) is 4.37. The Balaban J connectivity index is 1.55. The zero-order valence-corrected chi connectivity index (χ0v) is 17.0. The zero-order valence-electron chi connectivity index (χ0n) is 15.4. The van der Waals surface area contributed by atoms with Crippen molar-refractivity contribution in [2.45, 2.75) is 11.9 Å². The average Bonchev–Trinajstić information content (AvgIpc) is 3.19. The fraction of sp³-hybridized carbons (Fsp3) is 0.136. The van der Waals surface area contributed by atoms with Crippen LogP contribution in [0.5, 0.6) is 0 Å². The molecule has 28 heavy (non-hydrogen) atoms. The second kappa shape index (κ2) is 8.54. The van der Waals surface area contributed by atoms with Crippen LogP contribution in [0.15, 0.2) is 78.1 Å². The van der Waals surface area contributed by atoms with E-state index in [0.717, 1.165) is 25.8 Å². The first-order valence-corrected chi connectivity index (χ1v) is 10.8. The molecule has 6 heteroatoms. The summed E-state index contributed by atoms with van der Waals surface area (Å²) in [5.74, 6) is 0.412. The Labute approximate surface area is 172 Å². The molecule has 0 saturated heterocycles. The number of benzene rings is 2. The first-order chi connectivity index (χ1) is 13.8. The van der Waals surface area contributed by atoms with E-state index in [1.165, 1.54) is 17.3 Å². The standard InChI is InChI=1S/C22H19N3OS2/c1-2-25(17-11-7-4-8-12-17)20(26)14-27-21-18-13-19(16-9-5-3-6-10-16)28-22(18)24-15-23-21/h3-13,15H,2,14H2,1H3. The van der Waals surface area contributed by atoms with Gasteiger partial charge in [0.1, 0.15) is 16.2 Å². The van der Waals surface area contributed by atoms with Gasteiger partial charge in [-0.1, -0.05) is 60.3 Å². The van der Waals surface area contributed by atoms with E-state index in [-0.39, 0.29) is 5.91 Å². The third-order valence-corrected chi connectivity index (χ3v) is 6.45. The predicted molar refractivity (Wildman–Crippen MR) is 118 cm³/mol. The summed E-state index contributed by atoms with van der Waals surface area (Å²) in [7, 11) is 0. The molecule has 0 aliphatic rings. The smallest absolute Gasteiger partial charge is 0.237 e. The molecular formula is C22H19N3OS2. The van der Waals surface area contributed by atoms with Crippen LogP contribution >= 0.6 is 23.1 Å². The van der Waals surface area contributed by atoms with Gasteiger partial charge < -0.3 is 4.90 Å². The van der Waals surface area contributed by atoms with Crippen molar-refractivity contribution in [3.05, 3.63) is 73.1 Å². The molecule has 1 amide bonds. The van der Waals surface area contributed by atoms with Gasteiger partial charge in [0.2, 0.25) is 5.91 Å². The monoisotopic (exact) mass is 405 g/mol. The molecule has 0 fully saturated rings. The van der Waals surface area contributed by atoms with Crippen molar-refractivity contribution in [1.82, 2.24) is 9.97 Å². The van der Waals surface area contributed by atoms with Gasteiger partial charge in [-0.3, -0.25) is 4.79 Å². The van der Waals surface area contributed by atoms with Gasteiger partial charge in [-0.2, -0.15) is 0 Å². The first-order valence-electron chi connectivity index (χ1n) is 9.04. The summed E-state index contributed by atoms with van der Waals surface area (Å²) in [5.41, 5.74) is 2.09. The van der Waals surface area contributed by atoms with Gasteiger partial charge in [-0.25, -0.2) is 9.97 Å². The Morgan fingerprint density at radius 2 is 1.75 bits per heavy atom. The summed E-state index contributed by atoms with van der Waals surface area (Å²) in [6.07, 6.45) is 1.58. The van der Waals surface area contributed by atoms with Gasteiger partial charge in [0.25, 0.3) is 0 Å². The van der Waals surface area contributed by atoms with Crippen LogP contribution < -0.4 is 4.90 Å². The Morgan fingerprint density at radius 3 is 2.46 bits per heavy atom. The Kier molecular flexibility index (Phi) is 5.69. The Morgan fingerprint density at radius 1 is 1.04 bits per heavy atom. The molecule has 0 N–H and O–H groups in total. The van der Waals surface area contributed by atoms with Crippen LogP contribution in [-0.2, 0) is 4.79 Å². The largest absolute Gasteiger partial charge is 0.312 e. The van der Waals surface area contributed by atoms with Crippen LogP contribution in [0.1, 0.15) is 6.92 Å². The van der Waals surface area contributed by atoms with Gasteiger partial charge >= 0.3 is 0 Å². The highest BCUT2D eigenvalue weighted by Gasteiger charge is 2.16. The Hall–Kier alpha value is -2.70. The SMILES string of the molecule is CCN(C(=O)CSc1ncnc2sc(-c3ccccc3)cc12)c1ccccc1. The normalized spacial score (nSPS) is 10.9. The summed E-state index contributed by atoms with van der Waals surface area (Å²) in [4.78, 5) is 25.5. The number of carbonyl (C=O) groups excluding carboxylic acids is 1. The van der Waals surface area contributed by atoms with Crippen LogP contribution in [0.3, 0.4) is 0 Å². The molecule has 0 bridgehead atoms. The van der Waals surface area contributed by atoms with Crippen LogP contribution in [-0.4, -0.2) is 28.2 Å².